The number of aryl methyl sites for hydroxylation is 1. The number of nitrogens with zero attached hydrogens (tertiary/aromatic N) is 1. The first-order valence-corrected chi connectivity index (χ1v) is 4.44. The van der Waals surface area contributed by atoms with Crippen molar-refractivity contribution < 1.29 is 0 Å². The molecule has 0 saturated carbocycles. The Bertz CT molecular complexity index is 323. The number of hydrogen-bond donors (Lipinski definition) is 1. The van der Waals surface area contributed by atoms with Crippen LogP contribution in [-0.2, 0) is 0 Å². The van der Waals surface area contributed by atoms with Crippen LogP contribution in [0, 0.1) is 6.92 Å². The van der Waals surface area contributed by atoms with Gasteiger partial charge >= 0.3 is 0 Å². The Morgan fingerprint density at radius 3 is 2.54 bits per heavy atom. The lowest BCUT2D eigenvalue weighted by Gasteiger charge is -2.06. The number of hydrogen-bond acceptors (Lipinski definition) is 2. The lowest BCUT2D eigenvalue weighted by Crippen LogP contribution is -1.90. The van der Waals surface area contributed by atoms with Crippen LogP contribution in [0.4, 0.5) is 11.4 Å². The van der Waals surface area contributed by atoms with Gasteiger partial charge in [-0.15, -0.1) is 0 Å². The molecule has 70 valence electrons. The third-order valence-electron chi connectivity index (χ3n) is 1.77. The molecule has 1 aromatic rings. The second-order valence-electron chi connectivity index (χ2n) is 3.33. The van der Waals surface area contributed by atoms with Crippen LogP contribution in [0.5, 0.6) is 0 Å². The smallest absolute Gasteiger partial charge is 0.0860 e. The second-order valence-corrected chi connectivity index (χ2v) is 3.33. The van der Waals surface area contributed by atoms with Gasteiger partial charge in [-0.05, 0) is 38.5 Å². The molecule has 0 spiro atoms. The third kappa shape index (κ3) is 2.58. The fourth-order valence-electron chi connectivity index (χ4n) is 1.19. The van der Waals surface area contributed by atoms with Gasteiger partial charge in [0.25, 0.3) is 0 Å². The monoisotopic (exact) mass is 176 g/mol. The number of nitrogens with one attached hydrogen (secondary N) is 1. The quantitative estimate of drug-likeness (QED) is 0.688. The molecule has 1 N–H and O–H groups in total. The summed E-state index contributed by atoms with van der Waals surface area (Å²) in [5.74, 6) is 0. The summed E-state index contributed by atoms with van der Waals surface area (Å²) in [6.45, 7) is 6.08. The SMILES string of the molecule is CNc1cc(C)ccc1N=C(C)C. The molecule has 0 aliphatic carbocycles. The summed E-state index contributed by atoms with van der Waals surface area (Å²) in [4.78, 5) is 4.43. The summed E-state index contributed by atoms with van der Waals surface area (Å²) in [6.07, 6.45) is 0. The molecular formula is C11H16N2. The van der Waals surface area contributed by atoms with E-state index in [1.807, 2.05) is 27.0 Å². The Morgan fingerprint density at radius 1 is 1.31 bits per heavy atom. The first-order chi connectivity index (χ1) is 6.13. The van der Waals surface area contributed by atoms with Crippen molar-refractivity contribution in [3.8, 4) is 0 Å². The molecule has 2 nitrogen and oxygen atoms in total. The topological polar surface area (TPSA) is 24.4 Å². The zero-order chi connectivity index (χ0) is 9.84. The maximum absolute atomic E-state index is 4.43. The normalized spacial score (nSPS) is 9.54. The first kappa shape index (κ1) is 9.78. The molecule has 0 aliphatic heterocycles. The van der Waals surface area contributed by atoms with Crippen LogP contribution in [-0.4, -0.2) is 12.8 Å². The molecule has 0 aliphatic rings. The largest absolute Gasteiger partial charge is 0.386 e. The van der Waals surface area contributed by atoms with Crippen LogP contribution in [0.25, 0.3) is 0 Å². The van der Waals surface area contributed by atoms with Gasteiger partial charge in [0.05, 0.1) is 11.4 Å². The van der Waals surface area contributed by atoms with Gasteiger partial charge in [0.1, 0.15) is 0 Å². The standard InChI is InChI=1S/C11H16N2/c1-8(2)13-10-6-5-9(3)7-11(10)12-4/h5-7,12H,1-4H3. The molecule has 13 heavy (non-hydrogen) atoms. The Hall–Kier alpha value is -1.31. The van der Waals surface area contributed by atoms with Gasteiger partial charge < -0.3 is 5.32 Å². The summed E-state index contributed by atoms with van der Waals surface area (Å²) in [5.41, 5.74) is 4.41. The van der Waals surface area contributed by atoms with Gasteiger partial charge in [-0.25, -0.2) is 0 Å². The molecule has 0 unspecified atom stereocenters. The number of anilines is 1. The van der Waals surface area contributed by atoms with E-state index in [4.69, 9.17) is 0 Å². The number of rotatable bonds is 2. The summed E-state index contributed by atoms with van der Waals surface area (Å²) < 4.78 is 0. The van der Waals surface area contributed by atoms with Crippen LogP contribution in [0.1, 0.15) is 19.4 Å². The molecule has 0 heterocycles. The van der Waals surface area contributed by atoms with Gasteiger partial charge in [0, 0.05) is 12.8 Å². The molecule has 0 fully saturated rings. The Labute approximate surface area is 79.7 Å². The predicted octanol–water partition coefficient (Wildman–Crippen LogP) is 3.15. The molecular weight excluding hydrogens is 160 g/mol. The number of benzene rings is 1. The molecule has 0 amide bonds. The Balaban J connectivity index is 3.14. The minimum atomic E-state index is 1.01. The zero-order valence-electron chi connectivity index (χ0n) is 8.68. The van der Waals surface area contributed by atoms with Crippen molar-refractivity contribution in [1.82, 2.24) is 0 Å². The molecule has 0 bridgehead atoms. The molecule has 1 aromatic carbocycles. The average Bonchev–Trinajstić information content (AvgIpc) is 2.07. The summed E-state index contributed by atoms with van der Waals surface area (Å²) in [5, 5.41) is 3.13. The second kappa shape index (κ2) is 4.08. The fourth-order valence-corrected chi connectivity index (χ4v) is 1.19. The molecule has 2 heteroatoms. The highest BCUT2D eigenvalue weighted by molar-refractivity contribution is 5.84. The van der Waals surface area contributed by atoms with Crippen molar-refractivity contribution >= 4 is 17.1 Å². The molecule has 0 aromatic heterocycles. The van der Waals surface area contributed by atoms with Gasteiger partial charge in [0.15, 0.2) is 0 Å². The Kier molecular flexibility index (Phi) is 3.07. The molecule has 0 saturated heterocycles. The third-order valence-corrected chi connectivity index (χ3v) is 1.77. The zero-order valence-corrected chi connectivity index (χ0v) is 8.68. The van der Waals surface area contributed by atoms with Gasteiger partial charge in [-0.2, -0.15) is 0 Å². The van der Waals surface area contributed by atoms with E-state index in [1.165, 1.54) is 5.56 Å². The highest BCUT2D eigenvalue weighted by atomic mass is 14.9. The van der Waals surface area contributed by atoms with E-state index in [2.05, 4.69) is 29.4 Å². The first-order valence-electron chi connectivity index (χ1n) is 4.44. The minimum absolute atomic E-state index is 1.01. The van der Waals surface area contributed by atoms with E-state index in [9.17, 15) is 0 Å². The fraction of sp³-hybridized carbons (Fsp3) is 0.364. The summed E-state index contributed by atoms with van der Waals surface area (Å²) in [7, 11) is 1.92. The number of aliphatic imine (C=N–C) groups is 1. The van der Waals surface area contributed by atoms with Crippen molar-refractivity contribution in [3.63, 3.8) is 0 Å². The predicted molar refractivity (Wildman–Crippen MR) is 59.2 cm³/mol. The van der Waals surface area contributed by atoms with Crippen molar-refractivity contribution in [1.29, 1.82) is 0 Å². The molecule has 0 radical (unpaired) electrons. The van der Waals surface area contributed by atoms with E-state index < -0.39 is 0 Å². The van der Waals surface area contributed by atoms with Gasteiger partial charge in [0.2, 0.25) is 0 Å². The Morgan fingerprint density at radius 2 is 2.00 bits per heavy atom. The van der Waals surface area contributed by atoms with Crippen LogP contribution in [0.2, 0.25) is 0 Å². The van der Waals surface area contributed by atoms with Crippen LogP contribution < -0.4 is 5.32 Å². The molecule has 1 rings (SSSR count). The van der Waals surface area contributed by atoms with Crippen LogP contribution in [0.15, 0.2) is 23.2 Å². The van der Waals surface area contributed by atoms with E-state index in [-0.39, 0.29) is 0 Å². The summed E-state index contributed by atoms with van der Waals surface area (Å²) in [6, 6.07) is 6.21. The molecule has 0 atom stereocenters. The minimum Gasteiger partial charge on any atom is -0.386 e. The van der Waals surface area contributed by atoms with E-state index >= 15 is 0 Å². The van der Waals surface area contributed by atoms with Crippen LogP contribution in [0.3, 0.4) is 0 Å². The highest BCUT2D eigenvalue weighted by Gasteiger charge is 1.98. The van der Waals surface area contributed by atoms with Gasteiger partial charge in [-0.3, -0.25) is 4.99 Å². The van der Waals surface area contributed by atoms with Crippen LogP contribution >= 0.6 is 0 Å². The van der Waals surface area contributed by atoms with Crippen molar-refractivity contribution in [2.24, 2.45) is 4.99 Å². The van der Waals surface area contributed by atoms with E-state index in [0.29, 0.717) is 0 Å². The average molecular weight is 176 g/mol. The van der Waals surface area contributed by atoms with E-state index in [1.54, 1.807) is 0 Å². The van der Waals surface area contributed by atoms with Crippen molar-refractivity contribution in [2.45, 2.75) is 20.8 Å². The van der Waals surface area contributed by atoms with Gasteiger partial charge in [-0.1, -0.05) is 6.07 Å². The van der Waals surface area contributed by atoms with E-state index in [0.717, 1.165) is 17.1 Å². The lowest BCUT2D eigenvalue weighted by molar-refractivity contribution is 1.38. The maximum atomic E-state index is 4.43. The van der Waals surface area contributed by atoms with Crippen molar-refractivity contribution in [3.05, 3.63) is 23.8 Å². The van der Waals surface area contributed by atoms with Crippen molar-refractivity contribution in [2.75, 3.05) is 12.4 Å². The highest BCUT2D eigenvalue weighted by Crippen LogP contribution is 2.25. The maximum Gasteiger partial charge on any atom is 0.0860 e. The summed E-state index contributed by atoms with van der Waals surface area (Å²) >= 11 is 0. The lowest BCUT2D eigenvalue weighted by atomic mass is 10.2.